The van der Waals surface area contributed by atoms with Gasteiger partial charge >= 0.3 is 0 Å². The van der Waals surface area contributed by atoms with Crippen LogP contribution >= 0.6 is 0 Å². The maximum atomic E-state index is 9.49. The molecule has 0 atom stereocenters. The van der Waals surface area contributed by atoms with Crippen LogP contribution in [-0.4, -0.2) is 15.0 Å². The topological polar surface area (TPSA) is 51.8 Å². The minimum Gasteiger partial charge on any atom is -0.456 e. The van der Waals surface area contributed by atoms with Crippen LogP contribution in [0.25, 0.3) is 99.5 Å². The van der Waals surface area contributed by atoms with Crippen molar-refractivity contribution in [2.45, 2.75) is 13.8 Å². The summed E-state index contributed by atoms with van der Waals surface area (Å²) in [5.74, 6) is 0.692. The Morgan fingerprint density at radius 1 is 0.392 bits per heavy atom. The molecular formula is C47H31N3O. The van der Waals surface area contributed by atoms with E-state index in [0.29, 0.717) is 22.8 Å². The molecule has 0 aliphatic heterocycles. The van der Waals surface area contributed by atoms with E-state index in [1.54, 1.807) is 24.3 Å². The van der Waals surface area contributed by atoms with Crippen LogP contribution in [0.3, 0.4) is 0 Å². The monoisotopic (exact) mass is 659 g/mol. The molecule has 0 aliphatic carbocycles. The van der Waals surface area contributed by atoms with Crippen molar-refractivity contribution >= 4 is 54.3 Å². The van der Waals surface area contributed by atoms with Crippen molar-refractivity contribution in [1.29, 1.82) is 0 Å². The zero-order valence-electron chi connectivity index (χ0n) is 33.7. The lowest BCUT2D eigenvalue weighted by molar-refractivity contribution is 0.669. The molecule has 4 heteroatoms. The maximum Gasteiger partial charge on any atom is 0.164 e. The van der Waals surface area contributed by atoms with E-state index in [1.807, 2.05) is 62.4 Å². The normalized spacial score (nSPS) is 13.4. The molecular weight excluding hydrogens is 623 g/mol. The molecule has 0 radical (unpaired) electrons. The molecule has 0 saturated heterocycles. The van der Waals surface area contributed by atoms with Crippen molar-refractivity contribution in [3.63, 3.8) is 0 Å². The lowest BCUT2D eigenvalue weighted by Crippen LogP contribution is -2.00. The summed E-state index contributed by atoms with van der Waals surface area (Å²) in [5.41, 5.74) is 4.06. The second-order valence-corrected chi connectivity index (χ2v) is 12.9. The number of furan rings is 1. The predicted octanol–water partition coefficient (Wildman–Crippen LogP) is 12.5. The van der Waals surface area contributed by atoms with Crippen molar-refractivity contribution < 1.29 is 12.6 Å². The summed E-state index contributed by atoms with van der Waals surface area (Å²) < 4.78 is 61.2. The van der Waals surface area contributed by atoms with Crippen LogP contribution in [0, 0.1) is 13.8 Å². The highest BCUT2D eigenvalue weighted by Crippen LogP contribution is 2.38. The van der Waals surface area contributed by atoms with E-state index in [9.17, 15) is 5.48 Å². The fourth-order valence-electron chi connectivity index (χ4n) is 7.15. The Hall–Kier alpha value is -6.65. The molecule has 2 heterocycles. The van der Waals surface area contributed by atoms with Crippen LogP contribution in [0.15, 0.2) is 156 Å². The molecule has 51 heavy (non-hydrogen) atoms. The third-order valence-corrected chi connectivity index (χ3v) is 9.41. The van der Waals surface area contributed by atoms with E-state index in [-0.39, 0.29) is 75.1 Å². The van der Waals surface area contributed by atoms with Gasteiger partial charge in [0, 0.05) is 27.5 Å². The highest BCUT2D eigenvalue weighted by molar-refractivity contribution is 6.25. The lowest BCUT2D eigenvalue weighted by atomic mass is 9.93. The molecule has 0 unspecified atom stereocenters. The fourth-order valence-corrected chi connectivity index (χ4v) is 7.15. The van der Waals surface area contributed by atoms with Gasteiger partial charge in [-0.1, -0.05) is 120 Å². The third kappa shape index (κ3) is 4.95. The molecule has 240 valence electrons. The molecule has 10 rings (SSSR count). The summed E-state index contributed by atoms with van der Waals surface area (Å²) in [4.78, 5) is 14.8. The maximum absolute atomic E-state index is 9.49. The van der Waals surface area contributed by atoms with E-state index in [1.165, 1.54) is 0 Å². The number of nitrogens with zero attached hydrogens (tertiary/aromatic N) is 3. The SMILES string of the molecule is [2H]c1c(-c2ccccc2)c([2H])c2c(oc3c([2H])c(-c4nc(-c5cc(C)cc(C)c5)nc(-c5ccc6c7ccccc7c7ccccc7c6c5)n4)c([2H])c([2H])c32)c1[2H]. The quantitative estimate of drug-likeness (QED) is 0.176. The Bertz CT molecular complexity index is 3290. The Balaban J connectivity index is 1.25. The molecule has 0 amide bonds. The fraction of sp³-hybridized carbons (Fsp3) is 0.0426. The van der Waals surface area contributed by atoms with Crippen LogP contribution in [-0.2, 0) is 0 Å². The summed E-state index contributed by atoms with van der Waals surface area (Å²) in [6.45, 7) is 3.99. The Morgan fingerprint density at radius 2 is 0.961 bits per heavy atom. The second kappa shape index (κ2) is 11.5. The number of hydrogen-bond acceptors (Lipinski definition) is 4. The smallest absolute Gasteiger partial charge is 0.164 e. The Morgan fingerprint density at radius 3 is 1.65 bits per heavy atom. The van der Waals surface area contributed by atoms with Gasteiger partial charge in [-0.25, -0.2) is 15.0 Å². The summed E-state index contributed by atoms with van der Waals surface area (Å²) >= 11 is 0. The number of aromatic nitrogens is 3. The van der Waals surface area contributed by atoms with Gasteiger partial charge in [0.25, 0.3) is 0 Å². The van der Waals surface area contributed by atoms with Gasteiger partial charge in [0.05, 0.1) is 8.22 Å². The van der Waals surface area contributed by atoms with Gasteiger partial charge in [0.1, 0.15) is 11.2 Å². The number of benzene rings is 8. The largest absolute Gasteiger partial charge is 0.456 e. The number of rotatable bonds is 4. The van der Waals surface area contributed by atoms with Crippen LogP contribution in [0.4, 0.5) is 0 Å². The van der Waals surface area contributed by atoms with Crippen LogP contribution in [0.1, 0.15) is 19.4 Å². The van der Waals surface area contributed by atoms with Gasteiger partial charge in [0.2, 0.25) is 0 Å². The average molecular weight is 660 g/mol. The van der Waals surface area contributed by atoms with Gasteiger partial charge in [-0.3, -0.25) is 0 Å². The van der Waals surface area contributed by atoms with Crippen LogP contribution in [0.2, 0.25) is 0 Å². The van der Waals surface area contributed by atoms with Crippen molar-refractivity contribution in [3.05, 3.63) is 163 Å². The van der Waals surface area contributed by atoms with Gasteiger partial charge < -0.3 is 4.42 Å². The first-order valence-corrected chi connectivity index (χ1v) is 16.8. The van der Waals surface area contributed by atoms with Crippen LogP contribution in [0.5, 0.6) is 0 Å². The summed E-state index contributed by atoms with van der Waals surface area (Å²) in [6, 6.07) is 36.3. The summed E-state index contributed by atoms with van der Waals surface area (Å²) in [7, 11) is 0. The minimum absolute atomic E-state index is 0.0202. The molecule has 0 spiro atoms. The van der Waals surface area contributed by atoms with Crippen molar-refractivity contribution in [2.24, 2.45) is 0 Å². The van der Waals surface area contributed by atoms with E-state index in [2.05, 4.69) is 42.5 Å². The van der Waals surface area contributed by atoms with Crippen molar-refractivity contribution in [3.8, 4) is 45.3 Å². The van der Waals surface area contributed by atoms with Gasteiger partial charge in [-0.2, -0.15) is 0 Å². The second-order valence-electron chi connectivity index (χ2n) is 12.9. The molecule has 2 aromatic heterocycles. The van der Waals surface area contributed by atoms with E-state index in [4.69, 9.17) is 22.1 Å². The van der Waals surface area contributed by atoms with Crippen LogP contribution < -0.4 is 0 Å². The zero-order chi connectivity index (χ0) is 39.3. The molecule has 10 aromatic rings. The lowest BCUT2D eigenvalue weighted by Gasteiger charge is -2.13. The van der Waals surface area contributed by atoms with E-state index in [0.717, 1.165) is 49.0 Å². The van der Waals surface area contributed by atoms with E-state index < -0.39 is 0 Å². The molecule has 4 nitrogen and oxygen atoms in total. The average Bonchev–Trinajstić information content (AvgIpc) is 3.64. The molecule has 0 aliphatic rings. The number of aryl methyl sites for hydroxylation is 2. The van der Waals surface area contributed by atoms with E-state index >= 15 is 0 Å². The molecule has 0 saturated carbocycles. The minimum atomic E-state index is -0.322. The molecule has 0 fully saturated rings. The first-order valence-electron chi connectivity index (χ1n) is 19.8. The van der Waals surface area contributed by atoms with Gasteiger partial charge in [0.15, 0.2) is 17.5 Å². The van der Waals surface area contributed by atoms with Crippen molar-refractivity contribution in [1.82, 2.24) is 15.0 Å². The number of fused-ring (bicyclic) bond motifs is 9. The standard InChI is InChI=1S/C47H31N3O/c1-28-22-29(2)24-34(23-28)47-49-45(32-16-19-39-37-14-7-6-12-35(37)36-13-8-9-15-38(36)41(39)26-32)48-46(50-47)33-17-20-40-42-25-31(30-10-4-3-5-11-30)18-21-43(42)51-44(40)27-33/h3-27H,1-2H3/i17D,18D,20D,21D,25D,27D. The molecule has 0 bridgehead atoms. The number of hydrogen-bond donors (Lipinski definition) is 0. The Kier molecular flexibility index (Phi) is 5.32. The predicted molar refractivity (Wildman–Crippen MR) is 211 cm³/mol. The summed E-state index contributed by atoms with van der Waals surface area (Å²) in [5, 5.41) is 6.80. The zero-order valence-corrected chi connectivity index (χ0v) is 27.7. The first-order chi connectivity index (χ1) is 27.6. The highest BCUT2D eigenvalue weighted by Gasteiger charge is 2.17. The first kappa shape index (κ1) is 23.7. The molecule has 8 aromatic carbocycles. The highest BCUT2D eigenvalue weighted by atomic mass is 16.3. The third-order valence-electron chi connectivity index (χ3n) is 9.41. The Labute approximate surface area is 303 Å². The van der Waals surface area contributed by atoms with Gasteiger partial charge in [-0.05, 0) is 99.7 Å². The summed E-state index contributed by atoms with van der Waals surface area (Å²) in [6.07, 6.45) is 0. The van der Waals surface area contributed by atoms with Crippen molar-refractivity contribution in [2.75, 3.05) is 0 Å². The van der Waals surface area contributed by atoms with Gasteiger partial charge in [-0.15, -0.1) is 0 Å². The molecule has 0 N–H and O–H groups in total.